The third-order valence-corrected chi connectivity index (χ3v) is 4.02. The van der Waals surface area contributed by atoms with E-state index in [0.29, 0.717) is 18.1 Å². The number of carbonyl (C=O) groups is 1. The van der Waals surface area contributed by atoms with Crippen molar-refractivity contribution in [3.8, 4) is 0 Å². The van der Waals surface area contributed by atoms with Gasteiger partial charge in [0.25, 0.3) is 5.91 Å². The lowest BCUT2D eigenvalue weighted by Gasteiger charge is -2.17. The summed E-state index contributed by atoms with van der Waals surface area (Å²) in [6.07, 6.45) is 3.36. The monoisotopic (exact) mass is 272 g/mol. The zero-order valence-electron chi connectivity index (χ0n) is 12.0. The fourth-order valence-corrected chi connectivity index (χ4v) is 3.00. The van der Waals surface area contributed by atoms with Gasteiger partial charge in [0.1, 0.15) is 0 Å². The Balaban J connectivity index is 2.05. The number of fused-ring (bicyclic) bond motifs is 3. The highest BCUT2D eigenvalue weighted by molar-refractivity contribution is 6.06. The molecule has 1 atom stereocenters. The smallest absolute Gasteiger partial charge is 0.276 e. The van der Waals surface area contributed by atoms with Crippen molar-refractivity contribution >= 4 is 16.8 Å². The van der Waals surface area contributed by atoms with Gasteiger partial charge in [-0.25, -0.2) is 5.48 Å². The van der Waals surface area contributed by atoms with Gasteiger partial charge in [-0.1, -0.05) is 19.1 Å². The summed E-state index contributed by atoms with van der Waals surface area (Å²) in [5.74, 6) is 0.520. The molecule has 4 nitrogen and oxygen atoms in total. The van der Waals surface area contributed by atoms with Gasteiger partial charge in [0, 0.05) is 11.1 Å². The first kappa shape index (κ1) is 13.2. The summed E-state index contributed by atoms with van der Waals surface area (Å²) < 4.78 is 0. The average molecular weight is 272 g/mol. The van der Waals surface area contributed by atoms with Crippen LogP contribution in [0.5, 0.6) is 0 Å². The topological polar surface area (TPSA) is 54.1 Å². The van der Waals surface area contributed by atoms with E-state index in [9.17, 15) is 4.79 Å². The van der Waals surface area contributed by atoms with E-state index in [2.05, 4.69) is 23.5 Å². The molecule has 2 N–H and O–H groups in total. The lowest BCUT2D eigenvalue weighted by atomic mass is 9.87. The minimum Gasteiger partial charge on any atom is -0.358 e. The van der Waals surface area contributed by atoms with E-state index in [-0.39, 0.29) is 5.91 Å². The highest BCUT2D eigenvalue weighted by Crippen LogP contribution is 2.32. The summed E-state index contributed by atoms with van der Waals surface area (Å²) in [5, 5.41) is 1.18. The standard InChI is InChI=1S/C16H20N2O2/c1-3-20-18-16(19)12-6-4-5-11-13-9-10(2)7-8-14(13)17-15(11)12/h4-6,10,17H,3,7-9H2,1-2H3,(H,18,19). The van der Waals surface area contributed by atoms with Crippen LogP contribution in [0.3, 0.4) is 0 Å². The van der Waals surface area contributed by atoms with Gasteiger partial charge in [0.05, 0.1) is 17.7 Å². The number of aromatic nitrogens is 1. The number of aryl methyl sites for hydroxylation is 1. The molecule has 0 radical (unpaired) electrons. The third-order valence-electron chi connectivity index (χ3n) is 4.02. The highest BCUT2D eigenvalue weighted by atomic mass is 16.6. The van der Waals surface area contributed by atoms with E-state index in [4.69, 9.17) is 4.84 Å². The Hall–Kier alpha value is -1.81. The van der Waals surface area contributed by atoms with Crippen LogP contribution < -0.4 is 5.48 Å². The molecule has 0 spiro atoms. The van der Waals surface area contributed by atoms with Crippen molar-refractivity contribution in [2.24, 2.45) is 5.92 Å². The van der Waals surface area contributed by atoms with Crippen LogP contribution in [0, 0.1) is 5.92 Å². The highest BCUT2D eigenvalue weighted by Gasteiger charge is 2.22. The molecule has 0 bridgehead atoms. The predicted octanol–water partition coefficient (Wildman–Crippen LogP) is 2.97. The van der Waals surface area contributed by atoms with Crippen LogP contribution in [0.1, 0.15) is 41.9 Å². The summed E-state index contributed by atoms with van der Waals surface area (Å²) in [6, 6.07) is 5.87. The van der Waals surface area contributed by atoms with Crippen molar-refractivity contribution in [2.45, 2.75) is 33.1 Å². The molecule has 1 aliphatic carbocycles. The second-order valence-electron chi connectivity index (χ2n) is 5.52. The number of carbonyl (C=O) groups excluding carboxylic acids is 1. The van der Waals surface area contributed by atoms with Gasteiger partial charge in [-0.15, -0.1) is 0 Å². The molecule has 1 heterocycles. The first-order chi connectivity index (χ1) is 9.70. The number of rotatable bonds is 3. The maximum atomic E-state index is 12.1. The normalized spacial score (nSPS) is 18.0. The zero-order valence-corrected chi connectivity index (χ0v) is 12.0. The van der Waals surface area contributed by atoms with Crippen molar-refractivity contribution < 1.29 is 9.63 Å². The summed E-state index contributed by atoms with van der Waals surface area (Å²) in [5.41, 5.74) is 6.72. The van der Waals surface area contributed by atoms with Crippen LogP contribution in [0.15, 0.2) is 18.2 Å². The fraction of sp³-hybridized carbons (Fsp3) is 0.438. The van der Waals surface area contributed by atoms with Gasteiger partial charge < -0.3 is 4.98 Å². The van der Waals surface area contributed by atoms with Crippen molar-refractivity contribution in [3.05, 3.63) is 35.0 Å². The zero-order chi connectivity index (χ0) is 14.1. The van der Waals surface area contributed by atoms with Gasteiger partial charge in [0.15, 0.2) is 0 Å². The third kappa shape index (κ3) is 2.20. The minimum absolute atomic E-state index is 0.191. The number of H-pyrrole nitrogens is 1. The van der Waals surface area contributed by atoms with E-state index in [0.717, 1.165) is 18.4 Å². The second kappa shape index (κ2) is 5.29. The number of hydrogen-bond acceptors (Lipinski definition) is 2. The largest absolute Gasteiger partial charge is 0.358 e. The first-order valence-corrected chi connectivity index (χ1v) is 7.25. The molecule has 2 aromatic rings. The minimum atomic E-state index is -0.191. The summed E-state index contributed by atoms with van der Waals surface area (Å²) >= 11 is 0. The predicted molar refractivity (Wildman–Crippen MR) is 78.6 cm³/mol. The molecule has 106 valence electrons. The molecule has 20 heavy (non-hydrogen) atoms. The quantitative estimate of drug-likeness (QED) is 0.844. The SMILES string of the molecule is CCONC(=O)c1cccc2c3c([nH]c12)CCC(C)C3. The average Bonchev–Trinajstić information content (AvgIpc) is 2.82. The molecule has 1 aromatic carbocycles. The molecule has 0 saturated heterocycles. The maximum absolute atomic E-state index is 12.1. The second-order valence-corrected chi connectivity index (χ2v) is 5.52. The number of para-hydroxylation sites is 1. The molecule has 0 fully saturated rings. The number of amides is 1. The molecule has 3 rings (SSSR count). The summed E-state index contributed by atoms with van der Waals surface area (Å²) in [7, 11) is 0. The molecular weight excluding hydrogens is 252 g/mol. The Morgan fingerprint density at radius 3 is 3.15 bits per heavy atom. The van der Waals surface area contributed by atoms with E-state index in [1.807, 2.05) is 19.1 Å². The number of hydroxylamine groups is 1. The van der Waals surface area contributed by atoms with Gasteiger partial charge >= 0.3 is 0 Å². The van der Waals surface area contributed by atoms with Crippen LogP contribution in [0.25, 0.3) is 10.9 Å². The number of aromatic amines is 1. The molecule has 0 aliphatic heterocycles. The van der Waals surface area contributed by atoms with Crippen LogP contribution in [-0.4, -0.2) is 17.5 Å². The number of hydrogen-bond donors (Lipinski definition) is 2. The number of nitrogens with one attached hydrogen (secondary N) is 2. The van der Waals surface area contributed by atoms with Gasteiger partial charge in [-0.3, -0.25) is 9.63 Å². The number of benzene rings is 1. The Kier molecular flexibility index (Phi) is 3.49. The van der Waals surface area contributed by atoms with Crippen LogP contribution >= 0.6 is 0 Å². The maximum Gasteiger partial charge on any atom is 0.276 e. The van der Waals surface area contributed by atoms with E-state index in [1.54, 1.807) is 0 Å². The van der Waals surface area contributed by atoms with Gasteiger partial charge in [-0.05, 0) is 43.7 Å². The van der Waals surface area contributed by atoms with Crippen LogP contribution in [0.2, 0.25) is 0 Å². The molecule has 1 amide bonds. The van der Waals surface area contributed by atoms with E-state index in [1.165, 1.54) is 23.1 Å². The Labute approximate surface area is 118 Å². The van der Waals surface area contributed by atoms with Gasteiger partial charge in [0.2, 0.25) is 0 Å². The summed E-state index contributed by atoms with van der Waals surface area (Å²) in [6.45, 7) is 4.59. The van der Waals surface area contributed by atoms with Crippen LogP contribution in [0.4, 0.5) is 0 Å². The van der Waals surface area contributed by atoms with E-state index < -0.39 is 0 Å². The van der Waals surface area contributed by atoms with Gasteiger partial charge in [-0.2, -0.15) is 0 Å². The summed E-state index contributed by atoms with van der Waals surface area (Å²) in [4.78, 5) is 20.6. The Morgan fingerprint density at radius 2 is 2.35 bits per heavy atom. The molecule has 1 aromatic heterocycles. The van der Waals surface area contributed by atoms with Crippen molar-refractivity contribution in [1.29, 1.82) is 0 Å². The Bertz CT molecular complexity index is 645. The van der Waals surface area contributed by atoms with Crippen molar-refractivity contribution in [2.75, 3.05) is 6.61 Å². The molecular formula is C16H20N2O2. The lowest BCUT2D eigenvalue weighted by Crippen LogP contribution is -2.23. The molecule has 1 unspecified atom stereocenters. The molecule has 0 saturated carbocycles. The lowest BCUT2D eigenvalue weighted by molar-refractivity contribution is 0.0366. The van der Waals surface area contributed by atoms with E-state index >= 15 is 0 Å². The fourth-order valence-electron chi connectivity index (χ4n) is 3.00. The van der Waals surface area contributed by atoms with Crippen molar-refractivity contribution in [3.63, 3.8) is 0 Å². The molecule has 4 heteroatoms. The van der Waals surface area contributed by atoms with Crippen LogP contribution in [-0.2, 0) is 17.7 Å². The first-order valence-electron chi connectivity index (χ1n) is 7.25. The Morgan fingerprint density at radius 1 is 1.50 bits per heavy atom. The molecule has 1 aliphatic rings. The van der Waals surface area contributed by atoms with Crippen molar-refractivity contribution in [1.82, 2.24) is 10.5 Å².